The molecule has 1 aromatic carbocycles. The number of methoxy groups -OCH3 is 1. The summed E-state index contributed by atoms with van der Waals surface area (Å²) in [4.78, 5) is 14.2. The minimum absolute atomic E-state index is 0. The molecular formula is C14H21Cl2N3O2. The molecule has 1 fully saturated rings. The Morgan fingerprint density at radius 1 is 1.57 bits per heavy atom. The second-order valence-electron chi connectivity index (χ2n) is 4.98. The maximum absolute atomic E-state index is 12.1. The van der Waals surface area contributed by atoms with Gasteiger partial charge < -0.3 is 15.4 Å². The highest BCUT2D eigenvalue weighted by Gasteiger charge is 2.18. The Bertz CT molecular complexity index is 485. The van der Waals surface area contributed by atoms with E-state index in [1.165, 1.54) is 0 Å². The van der Waals surface area contributed by atoms with Crippen LogP contribution in [0.4, 0.5) is 5.69 Å². The molecule has 0 bridgehead atoms. The zero-order valence-corrected chi connectivity index (χ0v) is 13.8. The summed E-state index contributed by atoms with van der Waals surface area (Å²) in [5.41, 5.74) is 0.605. The van der Waals surface area contributed by atoms with Crippen molar-refractivity contribution in [1.82, 2.24) is 10.2 Å². The van der Waals surface area contributed by atoms with Crippen molar-refractivity contribution in [2.24, 2.45) is 0 Å². The fourth-order valence-electron chi connectivity index (χ4n) is 2.33. The molecule has 0 spiro atoms. The highest BCUT2D eigenvalue weighted by Crippen LogP contribution is 2.27. The van der Waals surface area contributed by atoms with Gasteiger partial charge in [-0.15, -0.1) is 12.4 Å². The number of ether oxygens (including phenoxy) is 1. The van der Waals surface area contributed by atoms with Crippen LogP contribution < -0.4 is 15.4 Å². The first-order chi connectivity index (χ1) is 9.58. The number of amides is 1. The monoisotopic (exact) mass is 333 g/mol. The Labute approximate surface area is 136 Å². The molecule has 1 unspecified atom stereocenters. The summed E-state index contributed by atoms with van der Waals surface area (Å²) >= 11 is 5.94. The zero-order valence-electron chi connectivity index (χ0n) is 12.2. The Morgan fingerprint density at radius 3 is 3.00 bits per heavy atom. The van der Waals surface area contributed by atoms with E-state index in [0.717, 1.165) is 19.6 Å². The first kappa shape index (κ1) is 18.0. The van der Waals surface area contributed by atoms with Crippen molar-refractivity contribution in [1.29, 1.82) is 0 Å². The first-order valence-electron chi connectivity index (χ1n) is 6.67. The molecule has 1 aromatic rings. The molecule has 1 heterocycles. The molecule has 0 radical (unpaired) electrons. The van der Waals surface area contributed by atoms with E-state index in [2.05, 4.69) is 22.5 Å². The number of benzene rings is 1. The summed E-state index contributed by atoms with van der Waals surface area (Å²) in [5, 5.41) is 6.77. The number of rotatable bonds is 4. The van der Waals surface area contributed by atoms with Gasteiger partial charge in [-0.3, -0.25) is 9.69 Å². The molecule has 1 aliphatic rings. The third kappa shape index (κ3) is 5.36. The largest absolute Gasteiger partial charge is 0.495 e. The van der Waals surface area contributed by atoms with Crippen molar-refractivity contribution in [3.8, 4) is 5.75 Å². The fourth-order valence-corrected chi connectivity index (χ4v) is 2.50. The lowest BCUT2D eigenvalue weighted by atomic mass is 10.2. The van der Waals surface area contributed by atoms with Gasteiger partial charge in [-0.05, 0) is 25.1 Å². The van der Waals surface area contributed by atoms with E-state index in [-0.39, 0.29) is 18.3 Å². The third-order valence-electron chi connectivity index (χ3n) is 3.26. The summed E-state index contributed by atoms with van der Waals surface area (Å²) in [6.07, 6.45) is 0. The summed E-state index contributed by atoms with van der Waals surface area (Å²) in [6, 6.07) is 5.58. The van der Waals surface area contributed by atoms with Crippen LogP contribution in [0.2, 0.25) is 5.02 Å². The van der Waals surface area contributed by atoms with E-state index in [1.807, 2.05) is 0 Å². The number of nitrogens with one attached hydrogen (secondary N) is 2. The minimum Gasteiger partial charge on any atom is -0.495 e. The third-order valence-corrected chi connectivity index (χ3v) is 3.49. The van der Waals surface area contributed by atoms with Crippen molar-refractivity contribution < 1.29 is 9.53 Å². The van der Waals surface area contributed by atoms with Gasteiger partial charge in [0, 0.05) is 30.7 Å². The standard InChI is InChI=1S/C14H20ClN3O2.ClH/c1-10-8-18(6-5-16-10)9-14(19)17-12-7-11(15)3-4-13(12)20-2;/h3-4,7,10,16H,5-6,8-9H2,1-2H3,(H,17,19);1H. The minimum atomic E-state index is -0.0559. The summed E-state index contributed by atoms with van der Waals surface area (Å²) in [5.74, 6) is 0.552. The van der Waals surface area contributed by atoms with Gasteiger partial charge >= 0.3 is 0 Å². The van der Waals surface area contributed by atoms with E-state index >= 15 is 0 Å². The van der Waals surface area contributed by atoms with E-state index in [0.29, 0.717) is 29.0 Å². The Morgan fingerprint density at radius 2 is 2.33 bits per heavy atom. The Kier molecular flexibility index (Phi) is 7.25. The summed E-state index contributed by atoms with van der Waals surface area (Å²) in [7, 11) is 1.57. The molecular weight excluding hydrogens is 313 g/mol. The molecule has 21 heavy (non-hydrogen) atoms. The molecule has 1 amide bonds. The molecule has 7 heteroatoms. The smallest absolute Gasteiger partial charge is 0.238 e. The summed E-state index contributed by atoms with van der Waals surface area (Å²) in [6.45, 7) is 5.16. The average Bonchev–Trinajstić information content (AvgIpc) is 2.38. The molecule has 0 aliphatic carbocycles. The van der Waals surface area contributed by atoms with Crippen molar-refractivity contribution in [3.63, 3.8) is 0 Å². The van der Waals surface area contributed by atoms with Crippen LogP contribution >= 0.6 is 24.0 Å². The van der Waals surface area contributed by atoms with E-state index in [1.54, 1.807) is 25.3 Å². The lowest BCUT2D eigenvalue weighted by Crippen LogP contribution is -2.51. The quantitative estimate of drug-likeness (QED) is 0.884. The van der Waals surface area contributed by atoms with Crippen LogP contribution in [0.5, 0.6) is 5.75 Å². The SMILES string of the molecule is COc1ccc(Cl)cc1NC(=O)CN1CCNC(C)C1.Cl. The van der Waals surface area contributed by atoms with Crippen molar-refractivity contribution in [2.45, 2.75) is 13.0 Å². The number of halogens is 2. The lowest BCUT2D eigenvalue weighted by Gasteiger charge is -2.31. The van der Waals surface area contributed by atoms with Crippen LogP contribution in [0.3, 0.4) is 0 Å². The maximum Gasteiger partial charge on any atom is 0.238 e. The van der Waals surface area contributed by atoms with Gasteiger partial charge in [0.1, 0.15) is 5.75 Å². The molecule has 1 saturated heterocycles. The van der Waals surface area contributed by atoms with Crippen molar-refractivity contribution >= 4 is 35.6 Å². The molecule has 2 rings (SSSR count). The average molecular weight is 334 g/mol. The van der Waals surface area contributed by atoms with E-state index in [4.69, 9.17) is 16.3 Å². The highest BCUT2D eigenvalue weighted by atomic mass is 35.5. The Balaban J connectivity index is 0.00000220. The van der Waals surface area contributed by atoms with Crippen LogP contribution in [0.1, 0.15) is 6.92 Å². The van der Waals surface area contributed by atoms with Crippen LogP contribution in [-0.2, 0) is 4.79 Å². The first-order valence-corrected chi connectivity index (χ1v) is 7.05. The van der Waals surface area contributed by atoms with Crippen LogP contribution in [0.15, 0.2) is 18.2 Å². The van der Waals surface area contributed by atoms with Gasteiger partial charge in [-0.2, -0.15) is 0 Å². The van der Waals surface area contributed by atoms with Gasteiger partial charge in [0.15, 0.2) is 0 Å². The molecule has 5 nitrogen and oxygen atoms in total. The number of piperazine rings is 1. The Hall–Kier alpha value is -1.01. The number of hydrogen-bond acceptors (Lipinski definition) is 4. The van der Waals surface area contributed by atoms with Gasteiger partial charge in [0.25, 0.3) is 0 Å². The van der Waals surface area contributed by atoms with Gasteiger partial charge in [0.2, 0.25) is 5.91 Å². The lowest BCUT2D eigenvalue weighted by molar-refractivity contribution is -0.117. The van der Waals surface area contributed by atoms with Crippen molar-refractivity contribution in [3.05, 3.63) is 23.2 Å². The number of carbonyl (C=O) groups excluding carboxylic acids is 1. The molecule has 2 N–H and O–H groups in total. The van der Waals surface area contributed by atoms with Gasteiger partial charge in [-0.25, -0.2) is 0 Å². The van der Waals surface area contributed by atoms with E-state index < -0.39 is 0 Å². The second kappa shape index (κ2) is 8.44. The predicted octanol–water partition coefficient (Wildman–Crippen LogP) is 2.00. The van der Waals surface area contributed by atoms with Gasteiger partial charge in [0.05, 0.1) is 19.3 Å². The van der Waals surface area contributed by atoms with Crippen LogP contribution in [0.25, 0.3) is 0 Å². The number of carbonyl (C=O) groups is 1. The highest BCUT2D eigenvalue weighted by molar-refractivity contribution is 6.31. The van der Waals surface area contributed by atoms with Crippen LogP contribution in [0, 0.1) is 0 Å². The molecule has 0 aromatic heterocycles. The van der Waals surface area contributed by atoms with E-state index in [9.17, 15) is 4.79 Å². The maximum atomic E-state index is 12.1. The molecule has 1 atom stereocenters. The number of anilines is 1. The fraction of sp³-hybridized carbons (Fsp3) is 0.500. The predicted molar refractivity (Wildman–Crippen MR) is 87.8 cm³/mol. The van der Waals surface area contributed by atoms with Gasteiger partial charge in [-0.1, -0.05) is 11.6 Å². The molecule has 0 saturated carbocycles. The molecule has 118 valence electrons. The topological polar surface area (TPSA) is 53.6 Å². The number of hydrogen-bond donors (Lipinski definition) is 2. The number of nitrogens with zero attached hydrogens (tertiary/aromatic N) is 1. The zero-order chi connectivity index (χ0) is 14.5. The van der Waals surface area contributed by atoms with Crippen LogP contribution in [-0.4, -0.2) is 50.1 Å². The second-order valence-corrected chi connectivity index (χ2v) is 5.42. The van der Waals surface area contributed by atoms with Crippen molar-refractivity contribution in [2.75, 3.05) is 38.6 Å². The normalized spacial score (nSPS) is 18.7. The molecule has 1 aliphatic heterocycles. The summed E-state index contributed by atoms with van der Waals surface area (Å²) < 4.78 is 5.21.